The molecule has 1 aliphatic rings. The molecular weight excluding hydrogens is 346 g/mol. The van der Waals surface area contributed by atoms with E-state index < -0.39 is 12.1 Å². The van der Waals surface area contributed by atoms with Crippen LogP contribution in [-0.2, 0) is 16.0 Å². The molecule has 0 fully saturated rings. The summed E-state index contributed by atoms with van der Waals surface area (Å²) in [6, 6.07) is 14.9. The normalized spacial score (nSPS) is 14.3. The highest BCUT2D eigenvalue weighted by atomic mass is 16.7. The lowest BCUT2D eigenvalue weighted by Crippen LogP contribution is -2.41. The smallest absolute Gasteiger partial charge is 0.339 e. The summed E-state index contributed by atoms with van der Waals surface area (Å²) >= 11 is 0. The first kappa shape index (κ1) is 18.8. The van der Waals surface area contributed by atoms with Crippen LogP contribution in [0.4, 0.5) is 0 Å². The fraction of sp³-hybridized carbons (Fsp3) is 0.333. The highest BCUT2D eigenvalue weighted by Gasteiger charge is 2.22. The number of aryl methyl sites for hydroxylation is 1. The third-order valence-electron chi connectivity index (χ3n) is 4.36. The largest absolute Gasteiger partial charge is 0.454 e. The Balaban J connectivity index is 1.47. The third kappa shape index (κ3) is 5.00. The van der Waals surface area contributed by atoms with Crippen LogP contribution in [0, 0.1) is 0 Å². The number of carbonyl (C=O) groups excluding carboxylic acids is 2. The molecule has 0 aromatic heterocycles. The van der Waals surface area contributed by atoms with Gasteiger partial charge >= 0.3 is 5.97 Å². The first-order valence-corrected chi connectivity index (χ1v) is 8.98. The molecular formula is C21H23NO5. The Morgan fingerprint density at radius 2 is 1.81 bits per heavy atom. The molecule has 0 bridgehead atoms. The lowest BCUT2D eigenvalue weighted by Gasteiger charge is -2.18. The summed E-state index contributed by atoms with van der Waals surface area (Å²) in [6.07, 6.45) is 0.786. The summed E-state index contributed by atoms with van der Waals surface area (Å²) in [5, 5.41) is 2.89. The van der Waals surface area contributed by atoms with Crippen LogP contribution in [0.2, 0.25) is 0 Å². The van der Waals surface area contributed by atoms with Crippen molar-refractivity contribution < 1.29 is 23.8 Å². The molecule has 3 rings (SSSR count). The van der Waals surface area contributed by atoms with Crippen molar-refractivity contribution in [1.82, 2.24) is 5.32 Å². The van der Waals surface area contributed by atoms with Gasteiger partial charge < -0.3 is 19.5 Å². The first-order chi connectivity index (χ1) is 13.0. The minimum Gasteiger partial charge on any atom is -0.454 e. The number of hydrogen-bond donors (Lipinski definition) is 1. The quantitative estimate of drug-likeness (QED) is 0.759. The van der Waals surface area contributed by atoms with Crippen molar-refractivity contribution in [2.75, 3.05) is 6.79 Å². The van der Waals surface area contributed by atoms with Gasteiger partial charge in [0.1, 0.15) is 0 Å². The monoisotopic (exact) mass is 369 g/mol. The molecule has 1 amide bonds. The molecule has 1 N–H and O–H groups in total. The van der Waals surface area contributed by atoms with Gasteiger partial charge in [-0.05, 0) is 50.5 Å². The molecule has 0 saturated heterocycles. The Labute approximate surface area is 158 Å². The second kappa shape index (κ2) is 8.58. The maximum absolute atomic E-state index is 12.3. The number of carbonyl (C=O) groups is 2. The van der Waals surface area contributed by atoms with E-state index in [0.29, 0.717) is 17.1 Å². The lowest BCUT2D eigenvalue weighted by molar-refractivity contribution is -0.129. The van der Waals surface area contributed by atoms with Crippen LogP contribution in [0.25, 0.3) is 0 Å². The number of nitrogens with one attached hydrogen (secondary N) is 1. The Morgan fingerprint density at radius 1 is 1.07 bits per heavy atom. The minimum atomic E-state index is -0.887. The zero-order valence-corrected chi connectivity index (χ0v) is 15.4. The van der Waals surface area contributed by atoms with Gasteiger partial charge in [-0.2, -0.15) is 0 Å². The van der Waals surface area contributed by atoms with Crippen LogP contribution < -0.4 is 14.8 Å². The van der Waals surface area contributed by atoms with Crippen LogP contribution in [0.1, 0.15) is 36.2 Å². The van der Waals surface area contributed by atoms with E-state index >= 15 is 0 Å². The van der Waals surface area contributed by atoms with Gasteiger partial charge in [0.05, 0.1) is 5.56 Å². The number of ether oxygens (including phenoxy) is 3. The summed E-state index contributed by atoms with van der Waals surface area (Å²) in [5.74, 6) is 0.193. The molecule has 0 radical (unpaired) electrons. The van der Waals surface area contributed by atoms with E-state index in [1.807, 2.05) is 25.1 Å². The molecule has 0 saturated carbocycles. The van der Waals surface area contributed by atoms with E-state index in [9.17, 15) is 9.59 Å². The van der Waals surface area contributed by atoms with Crippen molar-refractivity contribution in [3.63, 3.8) is 0 Å². The zero-order chi connectivity index (χ0) is 19.2. The molecule has 2 aromatic rings. The molecule has 1 aliphatic heterocycles. The van der Waals surface area contributed by atoms with E-state index in [2.05, 4.69) is 17.4 Å². The van der Waals surface area contributed by atoms with Crippen molar-refractivity contribution in [2.45, 2.75) is 38.8 Å². The Kier molecular flexibility index (Phi) is 5.96. The summed E-state index contributed by atoms with van der Waals surface area (Å²) in [5.41, 5.74) is 1.54. The molecule has 2 aromatic carbocycles. The molecule has 0 aliphatic carbocycles. The number of rotatable bonds is 7. The highest BCUT2D eigenvalue weighted by Crippen LogP contribution is 2.32. The summed E-state index contributed by atoms with van der Waals surface area (Å²) in [7, 11) is 0. The third-order valence-corrected chi connectivity index (χ3v) is 4.36. The average Bonchev–Trinajstić information content (AvgIpc) is 3.14. The van der Waals surface area contributed by atoms with E-state index in [1.165, 1.54) is 5.56 Å². The van der Waals surface area contributed by atoms with Crippen LogP contribution in [0.3, 0.4) is 0 Å². The summed E-state index contributed by atoms with van der Waals surface area (Å²) in [6.45, 7) is 3.63. The van der Waals surface area contributed by atoms with Crippen LogP contribution in [0.5, 0.6) is 11.5 Å². The number of benzene rings is 2. The molecule has 6 heteroatoms. The lowest BCUT2D eigenvalue weighted by atomic mass is 10.1. The molecule has 0 unspecified atom stereocenters. The van der Waals surface area contributed by atoms with Gasteiger partial charge in [0.25, 0.3) is 5.91 Å². The van der Waals surface area contributed by atoms with Crippen molar-refractivity contribution in [2.24, 2.45) is 0 Å². The van der Waals surface area contributed by atoms with Crippen LogP contribution in [0.15, 0.2) is 48.5 Å². The van der Waals surface area contributed by atoms with E-state index in [0.717, 1.165) is 12.8 Å². The predicted molar refractivity (Wildman–Crippen MR) is 99.8 cm³/mol. The second-order valence-corrected chi connectivity index (χ2v) is 6.55. The molecule has 27 heavy (non-hydrogen) atoms. The number of esters is 1. The molecule has 6 nitrogen and oxygen atoms in total. The number of hydrogen-bond acceptors (Lipinski definition) is 5. The van der Waals surface area contributed by atoms with E-state index in [4.69, 9.17) is 14.2 Å². The fourth-order valence-electron chi connectivity index (χ4n) is 2.77. The highest BCUT2D eigenvalue weighted by molar-refractivity contribution is 5.93. The SMILES string of the molecule is C[C@H](OC(=O)c1ccc2c(c1)OCO2)C(=O)N[C@@H](C)CCc1ccccc1. The fourth-order valence-corrected chi connectivity index (χ4v) is 2.77. The first-order valence-electron chi connectivity index (χ1n) is 8.98. The van der Waals surface area contributed by atoms with Crippen LogP contribution >= 0.6 is 0 Å². The Hall–Kier alpha value is -3.02. The van der Waals surface area contributed by atoms with Gasteiger partial charge in [0, 0.05) is 6.04 Å². The molecule has 2 atom stereocenters. The van der Waals surface area contributed by atoms with Gasteiger partial charge in [-0.1, -0.05) is 30.3 Å². The van der Waals surface area contributed by atoms with Crippen molar-refractivity contribution in [1.29, 1.82) is 0 Å². The predicted octanol–water partition coefficient (Wildman–Crippen LogP) is 3.10. The second-order valence-electron chi connectivity index (χ2n) is 6.55. The maximum atomic E-state index is 12.3. The van der Waals surface area contributed by atoms with Crippen molar-refractivity contribution in [3.8, 4) is 11.5 Å². The Bertz CT molecular complexity index is 805. The average molecular weight is 369 g/mol. The molecule has 1 heterocycles. The summed E-state index contributed by atoms with van der Waals surface area (Å²) in [4.78, 5) is 24.5. The standard InChI is InChI=1S/C21H23NO5/c1-14(8-9-16-6-4-3-5-7-16)22-20(23)15(2)27-21(24)17-10-11-18-19(12-17)26-13-25-18/h3-7,10-12,14-15H,8-9,13H2,1-2H3,(H,22,23)/t14-,15-/m0/s1. The van der Waals surface area contributed by atoms with Gasteiger partial charge in [-0.25, -0.2) is 4.79 Å². The number of fused-ring (bicyclic) bond motifs is 1. The molecule has 0 spiro atoms. The van der Waals surface area contributed by atoms with Gasteiger partial charge in [-0.3, -0.25) is 4.79 Å². The maximum Gasteiger partial charge on any atom is 0.339 e. The minimum absolute atomic E-state index is 0.0237. The number of amides is 1. The van der Waals surface area contributed by atoms with Gasteiger partial charge in [-0.15, -0.1) is 0 Å². The Morgan fingerprint density at radius 3 is 2.59 bits per heavy atom. The summed E-state index contributed by atoms with van der Waals surface area (Å²) < 4.78 is 15.7. The van der Waals surface area contributed by atoms with Crippen molar-refractivity contribution in [3.05, 3.63) is 59.7 Å². The van der Waals surface area contributed by atoms with Gasteiger partial charge in [0.2, 0.25) is 6.79 Å². The van der Waals surface area contributed by atoms with E-state index in [-0.39, 0.29) is 18.7 Å². The topological polar surface area (TPSA) is 73.9 Å². The van der Waals surface area contributed by atoms with E-state index in [1.54, 1.807) is 25.1 Å². The molecule has 142 valence electrons. The zero-order valence-electron chi connectivity index (χ0n) is 15.4. The van der Waals surface area contributed by atoms with Crippen molar-refractivity contribution >= 4 is 11.9 Å². The van der Waals surface area contributed by atoms with Crippen LogP contribution in [-0.4, -0.2) is 30.8 Å². The van der Waals surface area contributed by atoms with Gasteiger partial charge in [0.15, 0.2) is 17.6 Å².